The Kier molecular flexibility index (Phi) is 10.4. The number of thiol groups is 1. The number of hydrogen-bond acceptors (Lipinski definition) is 6. The van der Waals surface area contributed by atoms with E-state index in [0.717, 1.165) is 11.3 Å². The van der Waals surface area contributed by atoms with Gasteiger partial charge in [-0.3, -0.25) is 9.59 Å². The standard InChI is InChI=1S/C11H13NO4.C2H7NS/c12-9(6-10(13)14)11(15)16-7-8-4-2-1-3-5-8;3-1-2-4/h1-5,9H,6-7,12H2,(H,13,14);4H,1-3H2. The summed E-state index contributed by atoms with van der Waals surface area (Å²) in [6.45, 7) is 0.788. The van der Waals surface area contributed by atoms with Crippen LogP contribution in [0.4, 0.5) is 0 Å². The quantitative estimate of drug-likeness (QED) is 0.446. The van der Waals surface area contributed by atoms with Gasteiger partial charge in [0.05, 0.1) is 6.42 Å². The van der Waals surface area contributed by atoms with Gasteiger partial charge in [-0.25, -0.2) is 0 Å². The van der Waals surface area contributed by atoms with E-state index < -0.39 is 24.4 Å². The van der Waals surface area contributed by atoms with Gasteiger partial charge in [0.1, 0.15) is 12.6 Å². The summed E-state index contributed by atoms with van der Waals surface area (Å²) in [4.78, 5) is 21.5. The van der Waals surface area contributed by atoms with Crippen molar-refractivity contribution in [2.24, 2.45) is 11.5 Å². The van der Waals surface area contributed by atoms with Crippen molar-refractivity contribution in [3.8, 4) is 0 Å². The van der Waals surface area contributed by atoms with E-state index in [1.165, 1.54) is 0 Å². The third kappa shape index (κ3) is 9.37. The Labute approximate surface area is 123 Å². The average molecular weight is 300 g/mol. The average Bonchev–Trinajstić information content (AvgIpc) is 2.45. The van der Waals surface area contributed by atoms with Gasteiger partial charge >= 0.3 is 11.9 Å². The molecular formula is C13H20N2O4S. The van der Waals surface area contributed by atoms with E-state index in [9.17, 15) is 9.59 Å². The predicted molar refractivity (Wildman–Crippen MR) is 79.4 cm³/mol. The van der Waals surface area contributed by atoms with Crippen molar-refractivity contribution >= 4 is 24.6 Å². The first-order chi connectivity index (χ1) is 9.51. The van der Waals surface area contributed by atoms with E-state index in [4.69, 9.17) is 21.3 Å². The van der Waals surface area contributed by atoms with Gasteiger partial charge in [0, 0.05) is 12.3 Å². The summed E-state index contributed by atoms with van der Waals surface area (Å²) in [5.41, 5.74) is 11.1. The number of esters is 1. The summed E-state index contributed by atoms with van der Waals surface area (Å²) in [7, 11) is 0. The number of rotatable bonds is 6. The van der Waals surface area contributed by atoms with E-state index in [-0.39, 0.29) is 6.61 Å². The van der Waals surface area contributed by atoms with E-state index >= 15 is 0 Å². The Bertz CT molecular complexity index is 399. The number of nitrogens with two attached hydrogens (primary N) is 2. The maximum Gasteiger partial charge on any atom is 0.323 e. The second kappa shape index (κ2) is 11.3. The lowest BCUT2D eigenvalue weighted by Gasteiger charge is -2.09. The van der Waals surface area contributed by atoms with Crippen LogP contribution in [0.3, 0.4) is 0 Å². The van der Waals surface area contributed by atoms with Crippen LogP contribution >= 0.6 is 12.6 Å². The fraction of sp³-hybridized carbons (Fsp3) is 0.385. The SMILES string of the molecule is NC(CC(=O)O)C(=O)OCc1ccccc1.NCCS. The first-order valence-corrected chi connectivity index (χ1v) is 6.63. The fourth-order valence-electron chi connectivity index (χ4n) is 1.11. The third-order valence-electron chi connectivity index (χ3n) is 2.05. The minimum Gasteiger partial charge on any atom is -0.481 e. The topological polar surface area (TPSA) is 116 Å². The van der Waals surface area contributed by atoms with Gasteiger partial charge < -0.3 is 21.3 Å². The molecule has 5 N–H and O–H groups in total. The zero-order valence-electron chi connectivity index (χ0n) is 11.1. The predicted octanol–water partition coefficient (Wildman–Crippen LogP) is 0.407. The smallest absolute Gasteiger partial charge is 0.323 e. The molecule has 1 unspecified atom stereocenters. The van der Waals surface area contributed by atoms with Gasteiger partial charge in [-0.1, -0.05) is 30.3 Å². The van der Waals surface area contributed by atoms with Gasteiger partial charge in [0.15, 0.2) is 0 Å². The molecule has 0 aliphatic rings. The highest BCUT2D eigenvalue weighted by molar-refractivity contribution is 7.80. The molecule has 7 heteroatoms. The van der Waals surface area contributed by atoms with E-state index in [1.54, 1.807) is 12.1 Å². The molecule has 0 saturated heterocycles. The van der Waals surface area contributed by atoms with Crippen LogP contribution < -0.4 is 11.5 Å². The van der Waals surface area contributed by atoms with Crippen LogP contribution in [0.15, 0.2) is 30.3 Å². The number of benzene rings is 1. The lowest BCUT2D eigenvalue weighted by atomic mass is 10.2. The Hall–Kier alpha value is -1.57. The zero-order valence-corrected chi connectivity index (χ0v) is 12.0. The summed E-state index contributed by atoms with van der Waals surface area (Å²) in [6, 6.07) is 7.98. The molecule has 1 aromatic rings. The maximum absolute atomic E-state index is 11.2. The minimum absolute atomic E-state index is 0.104. The third-order valence-corrected chi connectivity index (χ3v) is 2.31. The van der Waals surface area contributed by atoms with Gasteiger partial charge in [-0.2, -0.15) is 12.6 Å². The van der Waals surface area contributed by atoms with Crippen molar-refractivity contribution < 1.29 is 19.4 Å². The summed E-state index contributed by atoms with van der Waals surface area (Å²) in [5, 5.41) is 8.43. The van der Waals surface area contributed by atoms with E-state index in [0.29, 0.717) is 6.54 Å². The Morgan fingerprint density at radius 2 is 1.85 bits per heavy atom. The summed E-state index contributed by atoms with van der Waals surface area (Å²) < 4.78 is 4.86. The van der Waals surface area contributed by atoms with Crippen molar-refractivity contribution in [3.05, 3.63) is 35.9 Å². The molecule has 0 aliphatic heterocycles. The van der Waals surface area contributed by atoms with Crippen LogP contribution in [0.25, 0.3) is 0 Å². The lowest BCUT2D eigenvalue weighted by molar-refractivity contribution is -0.150. The number of aliphatic carboxylic acids is 1. The van der Waals surface area contributed by atoms with Crippen molar-refractivity contribution in [2.75, 3.05) is 12.3 Å². The van der Waals surface area contributed by atoms with Crippen molar-refractivity contribution in [1.29, 1.82) is 0 Å². The van der Waals surface area contributed by atoms with Gasteiger partial charge in [-0.15, -0.1) is 0 Å². The molecule has 0 radical (unpaired) electrons. The monoisotopic (exact) mass is 300 g/mol. The second-order valence-electron chi connectivity index (χ2n) is 3.81. The van der Waals surface area contributed by atoms with Crippen LogP contribution in [0.5, 0.6) is 0 Å². The zero-order chi connectivity index (χ0) is 15.4. The molecule has 1 rings (SSSR count). The van der Waals surface area contributed by atoms with Crippen LogP contribution in [0, 0.1) is 0 Å². The number of hydrogen-bond donors (Lipinski definition) is 4. The van der Waals surface area contributed by atoms with Crippen molar-refractivity contribution in [1.82, 2.24) is 0 Å². The highest BCUT2D eigenvalue weighted by atomic mass is 32.1. The van der Waals surface area contributed by atoms with E-state index in [2.05, 4.69) is 12.6 Å². The van der Waals surface area contributed by atoms with Gasteiger partial charge in [0.25, 0.3) is 0 Å². The summed E-state index contributed by atoms with van der Waals surface area (Å²) >= 11 is 3.80. The maximum atomic E-state index is 11.2. The molecule has 0 amide bonds. The van der Waals surface area contributed by atoms with Gasteiger partial charge in [-0.05, 0) is 5.56 Å². The normalized spacial score (nSPS) is 10.9. The Morgan fingerprint density at radius 3 is 2.30 bits per heavy atom. The van der Waals surface area contributed by atoms with Crippen molar-refractivity contribution in [3.63, 3.8) is 0 Å². The molecular weight excluding hydrogens is 280 g/mol. The highest BCUT2D eigenvalue weighted by Crippen LogP contribution is 2.02. The van der Waals surface area contributed by atoms with Crippen LogP contribution in [0.1, 0.15) is 12.0 Å². The number of carbonyl (C=O) groups excluding carboxylic acids is 1. The van der Waals surface area contributed by atoms with Gasteiger partial charge in [0.2, 0.25) is 0 Å². The highest BCUT2D eigenvalue weighted by Gasteiger charge is 2.18. The first-order valence-electron chi connectivity index (χ1n) is 6.00. The number of ether oxygens (including phenoxy) is 1. The van der Waals surface area contributed by atoms with Crippen LogP contribution in [0.2, 0.25) is 0 Å². The molecule has 0 spiro atoms. The Balaban J connectivity index is 0.000000796. The summed E-state index contributed by atoms with van der Waals surface area (Å²) in [6.07, 6.45) is -0.423. The lowest BCUT2D eigenvalue weighted by Crippen LogP contribution is -2.34. The molecule has 20 heavy (non-hydrogen) atoms. The van der Waals surface area contributed by atoms with Crippen LogP contribution in [-0.4, -0.2) is 35.4 Å². The Morgan fingerprint density at radius 1 is 1.30 bits per heavy atom. The second-order valence-corrected chi connectivity index (χ2v) is 4.26. The molecule has 6 nitrogen and oxygen atoms in total. The van der Waals surface area contributed by atoms with Crippen molar-refractivity contribution in [2.45, 2.75) is 19.1 Å². The largest absolute Gasteiger partial charge is 0.481 e. The number of carbonyl (C=O) groups is 2. The minimum atomic E-state index is -1.12. The molecule has 112 valence electrons. The molecule has 0 aromatic heterocycles. The molecule has 0 aliphatic carbocycles. The number of carboxylic acid groups (broad SMARTS) is 1. The molecule has 0 heterocycles. The molecule has 0 saturated carbocycles. The molecule has 1 atom stereocenters. The van der Waals surface area contributed by atoms with Crippen LogP contribution in [-0.2, 0) is 20.9 Å². The first kappa shape index (κ1) is 18.4. The summed E-state index contributed by atoms with van der Waals surface area (Å²) in [5.74, 6) is -1.03. The number of carboxylic acids is 1. The molecule has 1 aromatic carbocycles. The van der Waals surface area contributed by atoms with E-state index in [1.807, 2.05) is 18.2 Å². The molecule has 0 fully saturated rings. The fourth-order valence-corrected chi connectivity index (χ4v) is 1.11. The molecule has 0 bridgehead atoms.